The first-order chi connectivity index (χ1) is 15.4. The van der Waals surface area contributed by atoms with Crippen molar-refractivity contribution < 1.29 is 17.6 Å². The Kier molecular flexibility index (Phi) is 6.22. The van der Waals surface area contributed by atoms with E-state index < -0.39 is 10.0 Å². The van der Waals surface area contributed by atoms with Crippen LogP contribution in [0.2, 0.25) is 0 Å². The molecule has 0 atom stereocenters. The molecule has 10 heteroatoms. The highest BCUT2D eigenvalue weighted by Gasteiger charge is 2.33. The molecule has 0 spiro atoms. The second-order valence-corrected chi connectivity index (χ2v) is 9.93. The Bertz CT molecular complexity index is 1140. The van der Waals surface area contributed by atoms with Crippen LogP contribution in [-0.4, -0.2) is 67.8 Å². The maximum atomic E-state index is 13.1. The van der Waals surface area contributed by atoms with Crippen LogP contribution in [0.1, 0.15) is 54.5 Å². The summed E-state index contributed by atoms with van der Waals surface area (Å²) in [5.41, 5.74) is 0.640. The van der Waals surface area contributed by atoms with E-state index in [-0.39, 0.29) is 10.8 Å². The summed E-state index contributed by atoms with van der Waals surface area (Å²) >= 11 is 0. The minimum Gasteiger partial charge on any atom is -0.423 e. The van der Waals surface area contributed by atoms with E-state index in [0.717, 1.165) is 12.8 Å². The van der Waals surface area contributed by atoms with Crippen LogP contribution in [0.5, 0.6) is 0 Å². The summed E-state index contributed by atoms with van der Waals surface area (Å²) in [7, 11) is -3.64. The van der Waals surface area contributed by atoms with E-state index in [0.29, 0.717) is 68.2 Å². The molecule has 1 amide bonds. The normalized spacial score (nSPS) is 16.9. The number of carbonyl (C=O) groups is 1. The zero-order valence-electron chi connectivity index (χ0n) is 18.3. The lowest BCUT2D eigenvalue weighted by molar-refractivity contribution is 0.0745. The third kappa shape index (κ3) is 4.23. The quantitative estimate of drug-likeness (QED) is 0.628. The fourth-order valence-corrected chi connectivity index (χ4v) is 5.42. The number of hydrogen-bond donors (Lipinski definition) is 0. The molecule has 2 aliphatic rings. The van der Waals surface area contributed by atoms with Gasteiger partial charge >= 0.3 is 0 Å². The van der Waals surface area contributed by atoms with Gasteiger partial charge in [0.05, 0.1) is 4.90 Å². The van der Waals surface area contributed by atoms with Crippen molar-refractivity contribution in [1.82, 2.24) is 14.2 Å². The number of nitrogens with zero attached hydrogens (tertiary/aromatic N) is 5. The zero-order valence-corrected chi connectivity index (χ0v) is 19.1. The monoisotopic (exact) mass is 457 g/mol. The lowest BCUT2D eigenvalue weighted by Crippen LogP contribution is -2.49. The summed E-state index contributed by atoms with van der Waals surface area (Å²) < 4.78 is 32.9. The molecule has 32 heavy (non-hydrogen) atoms. The van der Waals surface area contributed by atoms with Crippen LogP contribution in [-0.2, 0) is 10.0 Å². The van der Waals surface area contributed by atoms with Gasteiger partial charge < -0.3 is 14.2 Å². The van der Waals surface area contributed by atoms with E-state index in [4.69, 9.17) is 4.42 Å². The standard InChI is InChI=1S/C22H27N5O4S/c1-3-27(4-2)32(29,30)18-7-5-6-17(14-18)21(28)25-10-12-26(13-11-25)22-19(15-23)24-20(31-22)16-8-9-16/h5-7,14,16H,3-4,8-13H2,1-2H3. The SMILES string of the molecule is CCN(CC)S(=O)(=O)c1cccc(C(=O)N2CCN(c3oc(C4CC4)nc3C#N)CC2)c1. The van der Waals surface area contributed by atoms with Crippen LogP contribution in [0.25, 0.3) is 0 Å². The van der Waals surface area contributed by atoms with Crippen LogP contribution in [0, 0.1) is 11.3 Å². The van der Waals surface area contributed by atoms with Gasteiger partial charge in [-0.25, -0.2) is 13.4 Å². The number of anilines is 1. The number of carbonyl (C=O) groups excluding carboxylic acids is 1. The van der Waals surface area contributed by atoms with Crippen molar-refractivity contribution >= 4 is 21.8 Å². The third-order valence-corrected chi connectivity index (χ3v) is 7.98. The Morgan fingerprint density at radius 3 is 2.50 bits per heavy atom. The van der Waals surface area contributed by atoms with E-state index >= 15 is 0 Å². The van der Waals surface area contributed by atoms with E-state index in [1.165, 1.54) is 16.4 Å². The first-order valence-electron chi connectivity index (χ1n) is 10.9. The molecule has 2 heterocycles. The molecule has 4 rings (SSSR count). The minimum atomic E-state index is -3.64. The average Bonchev–Trinajstić information content (AvgIpc) is 3.58. The van der Waals surface area contributed by atoms with Gasteiger partial charge in [0.15, 0.2) is 0 Å². The van der Waals surface area contributed by atoms with Crippen molar-refractivity contribution in [1.29, 1.82) is 5.26 Å². The molecule has 1 saturated carbocycles. The van der Waals surface area contributed by atoms with Crippen LogP contribution >= 0.6 is 0 Å². The van der Waals surface area contributed by atoms with Gasteiger partial charge in [-0.2, -0.15) is 9.57 Å². The molecule has 1 aromatic heterocycles. The van der Waals surface area contributed by atoms with Crippen LogP contribution in [0.15, 0.2) is 33.6 Å². The Balaban J connectivity index is 1.46. The Morgan fingerprint density at radius 1 is 1.22 bits per heavy atom. The predicted molar refractivity (Wildman–Crippen MR) is 118 cm³/mol. The summed E-state index contributed by atoms with van der Waals surface area (Å²) in [5, 5.41) is 9.40. The molecule has 1 aliphatic heterocycles. The van der Waals surface area contributed by atoms with Gasteiger partial charge in [0, 0.05) is 50.7 Å². The molecule has 0 unspecified atom stereocenters. The van der Waals surface area contributed by atoms with Gasteiger partial charge in [-0.3, -0.25) is 4.79 Å². The number of benzene rings is 1. The number of piperazine rings is 1. The molecule has 9 nitrogen and oxygen atoms in total. The fraction of sp³-hybridized carbons (Fsp3) is 0.500. The highest BCUT2D eigenvalue weighted by atomic mass is 32.2. The summed E-state index contributed by atoms with van der Waals surface area (Å²) in [4.78, 5) is 21.2. The van der Waals surface area contributed by atoms with Crippen molar-refractivity contribution in [2.75, 3.05) is 44.2 Å². The van der Waals surface area contributed by atoms with E-state index in [1.807, 2.05) is 4.90 Å². The number of oxazole rings is 1. The highest BCUT2D eigenvalue weighted by Crippen LogP contribution is 2.41. The molecular formula is C22H27N5O4S. The predicted octanol–water partition coefficient (Wildman–Crippen LogP) is 2.42. The largest absolute Gasteiger partial charge is 0.423 e. The highest BCUT2D eigenvalue weighted by molar-refractivity contribution is 7.89. The van der Waals surface area contributed by atoms with Gasteiger partial charge in [0.2, 0.25) is 27.5 Å². The number of nitriles is 1. The van der Waals surface area contributed by atoms with Crippen molar-refractivity contribution in [2.45, 2.75) is 37.5 Å². The molecule has 0 radical (unpaired) electrons. The van der Waals surface area contributed by atoms with Crippen LogP contribution in [0.4, 0.5) is 5.88 Å². The van der Waals surface area contributed by atoms with Gasteiger partial charge in [0.25, 0.3) is 5.91 Å². The van der Waals surface area contributed by atoms with E-state index in [2.05, 4.69) is 11.1 Å². The molecule has 1 aliphatic carbocycles. The molecular weight excluding hydrogens is 430 g/mol. The van der Waals surface area contributed by atoms with Crippen molar-refractivity contribution in [3.63, 3.8) is 0 Å². The second kappa shape index (κ2) is 8.92. The smallest absolute Gasteiger partial charge is 0.254 e. The van der Waals surface area contributed by atoms with Gasteiger partial charge in [-0.05, 0) is 31.0 Å². The number of amides is 1. The first-order valence-corrected chi connectivity index (χ1v) is 12.4. The Labute approximate surface area is 188 Å². The molecule has 2 fully saturated rings. The van der Waals surface area contributed by atoms with E-state index in [9.17, 15) is 18.5 Å². The summed E-state index contributed by atoms with van der Waals surface area (Å²) in [5.74, 6) is 1.21. The average molecular weight is 458 g/mol. The van der Waals surface area contributed by atoms with Crippen LogP contribution in [0.3, 0.4) is 0 Å². The Morgan fingerprint density at radius 2 is 1.91 bits per heavy atom. The second-order valence-electron chi connectivity index (χ2n) is 7.99. The van der Waals surface area contributed by atoms with Crippen molar-refractivity contribution in [3.8, 4) is 6.07 Å². The molecule has 1 aromatic carbocycles. The van der Waals surface area contributed by atoms with Crippen molar-refractivity contribution in [3.05, 3.63) is 41.4 Å². The molecule has 0 N–H and O–H groups in total. The maximum absolute atomic E-state index is 13.1. The van der Waals surface area contributed by atoms with Crippen molar-refractivity contribution in [2.24, 2.45) is 0 Å². The lowest BCUT2D eigenvalue weighted by atomic mass is 10.2. The number of hydrogen-bond acceptors (Lipinski definition) is 7. The summed E-state index contributed by atoms with van der Waals surface area (Å²) in [6.45, 7) is 6.22. The number of rotatable bonds is 7. The number of sulfonamides is 1. The summed E-state index contributed by atoms with van der Waals surface area (Å²) in [6.07, 6.45) is 2.08. The maximum Gasteiger partial charge on any atom is 0.254 e. The van der Waals surface area contributed by atoms with Gasteiger partial charge in [-0.15, -0.1) is 0 Å². The molecule has 170 valence electrons. The molecule has 2 aromatic rings. The summed E-state index contributed by atoms with van der Waals surface area (Å²) in [6, 6.07) is 8.33. The minimum absolute atomic E-state index is 0.124. The zero-order chi connectivity index (χ0) is 22.9. The Hall–Kier alpha value is -2.90. The lowest BCUT2D eigenvalue weighted by Gasteiger charge is -2.34. The molecule has 1 saturated heterocycles. The first kappa shape index (κ1) is 22.3. The van der Waals surface area contributed by atoms with Crippen LogP contribution < -0.4 is 4.90 Å². The van der Waals surface area contributed by atoms with E-state index in [1.54, 1.807) is 30.9 Å². The van der Waals surface area contributed by atoms with Gasteiger partial charge in [-0.1, -0.05) is 19.9 Å². The topological polar surface area (TPSA) is 111 Å². The number of aromatic nitrogens is 1. The molecule has 0 bridgehead atoms. The fourth-order valence-electron chi connectivity index (χ4n) is 3.92. The third-order valence-electron chi connectivity index (χ3n) is 5.94. The van der Waals surface area contributed by atoms with Gasteiger partial charge in [0.1, 0.15) is 6.07 Å².